The molecule has 0 heterocycles. The Balaban J connectivity index is 2.60. The van der Waals surface area contributed by atoms with Crippen molar-refractivity contribution in [3.8, 4) is 0 Å². The molecule has 3 amide bonds. The van der Waals surface area contributed by atoms with Gasteiger partial charge in [-0.3, -0.25) is 9.59 Å². The summed E-state index contributed by atoms with van der Waals surface area (Å²) in [6.07, 6.45) is 2.11. The lowest BCUT2D eigenvalue weighted by Gasteiger charge is -2.42. The van der Waals surface area contributed by atoms with Gasteiger partial charge in [-0.2, -0.15) is 0 Å². The van der Waals surface area contributed by atoms with Crippen molar-refractivity contribution < 1.29 is 19.5 Å². The highest BCUT2D eigenvalue weighted by molar-refractivity contribution is 5.83. The third-order valence-electron chi connectivity index (χ3n) is 3.19. The van der Waals surface area contributed by atoms with Gasteiger partial charge in [-0.25, -0.2) is 4.79 Å². The number of nitrogens with two attached hydrogens (primary N) is 1. The Morgan fingerprint density at radius 2 is 2.00 bits per heavy atom. The number of carboxylic acid groups (broad SMARTS) is 1. The molecule has 0 spiro atoms. The molecular formula is C11H19N3O4. The van der Waals surface area contributed by atoms with Gasteiger partial charge in [-0.05, 0) is 26.2 Å². The molecule has 7 nitrogen and oxygen atoms in total. The van der Waals surface area contributed by atoms with E-state index < -0.39 is 23.4 Å². The number of carbonyl (C=O) groups excluding carboxylic acids is 2. The third-order valence-corrected chi connectivity index (χ3v) is 3.19. The van der Waals surface area contributed by atoms with Gasteiger partial charge in [0, 0.05) is 6.54 Å². The first-order valence-corrected chi connectivity index (χ1v) is 5.96. The molecule has 1 saturated carbocycles. The van der Waals surface area contributed by atoms with Crippen LogP contribution in [0, 0.1) is 0 Å². The van der Waals surface area contributed by atoms with Crippen LogP contribution in [-0.4, -0.2) is 46.5 Å². The number of nitrogens with one attached hydrogen (secondary N) is 1. The fourth-order valence-electron chi connectivity index (χ4n) is 2.06. The summed E-state index contributed by atoms with van der Waals surface area (Å²) in [6, 6.07) is -0.433. The Bertz CT molecular complexity index is 352. The molecule has 0 aromatic heterocycles. The van der Waals surface area contributed by atoms with E-state index in [1.807, 2.05) is 0 Å². The average Bonchev–Trinajstić information content (AvgIpc) is 2.21. The lowest BCUT2D eigenvalue weighted by molar-refractivity contribution is -0.139. The van der Waals surface area contributed by atoms with Crippen molar-refractivity contribution >= 4 is 17.9 Å². The minimum Gasteiger partial charge on any atom is -0.481 e. The molecule has 1 fully saturated rings. The Morgan fingerprint density at radius 1 is 1.39 bits per heavy atom. The van der Waals surface area contributed by atoms with Crippen LogP contribution in [0.2, 0.25) is 0 Å². The second kappa shape index (κ2) is 5.70. The van der Waals surface area contributed by atoms with Gasteiger partial charge in [-0.15, -0.1) is 0 Å². The molecule has 1 rings (SSSR count). The van der Waals surface area contributed by atoms with Crippen molar-refractivity contribution in [3.05, 3.63) is 0 Å². The second-order valence-electron chi connectivity index (χ2n) is 4.62. The SMILES string of the molecule is CCN(CC(N)=O)C(=O)NC1(CC(=O)O)CCC1. The van der Waals surface area contributed by atoms with E-state index in [2.05, 4.69) is 5.32 Å². The van der Waals surface area contributed by atoms with Crippen LogP contribution in [0.4, 0.5) is 4.79 Å². The summed E-state index contributed by atoms with van der Waals surface area (Å²) in [5, 5.41) is 11.5. The number of hydrogen-bond donors (Lipinski definition) is 3. The largest absolute Gasteiger partial charge is 0.481 e. The maximum atomic E-state index is 11.9. The van der Waals surface area contributed by atoms with Gasteiger partial charge in [-0.1, -0.05) is 0 Å². The quantitative estimate of drug-likeness (QED) is 0.616. The zero-order valence-corrected chi connectivity index (χ0v) is 10.4. The standard InChI is InChI=1S/C11H19N3O4/c1-2-14(7-8(12)15)10(18)13-11(4-3-5-11)6-9(16)17/h2-7H2,1H3,(H2,12,15)(H,13,18)(H,16,17). The van der Waals surface area contributed by atoms with Crippen LogP contribution in [0.25, 0.3) is 0 Å². The highest BCUT2D eigenvalue weighted by atomic mass is 16.4. The van der Waals surface area contributed by atoms with E-state index >= 15 is 0 Å². The second-order valence-corrected chi connectivity index (χ2v) is 4.62. The van der Waals surface area contributed by atoms with Gasteiger partial charge in [0.1, 0.15) is 6.54 Å². The molecule has 1 aliphatic carbocycles. The number of urea groups is 1. The fraction of sp³-hybridized carbons (Fsp3) is 0.727. The molecule has 0 aromatic carbocycles. The van der Waals surface area contributed by atoms with Crippen LogP contribution in [0.5, 0.6) is 0 Å². The minimum absolute atomic E-state index is 0.0904. The molecule has 0 aromatic rings. The Labute approximate surface area is 105 Å². The van der Waals surface area contributed by atoms with Gasteiger partial charge < -0.3 is 21.1 Å². The number of aliphatic carboxylic acids is 1. The molecule has 0 saturated heterocycles. The topological polar surface area (TPSA) is 113 Å². The lowest BCUT2D eigenvalue weighted by atomic mass is 9.74. The molecular weight excluding hydrogens is 238 g/mol. The first-order valence-electron chi connectivity index (χ1n) is 5.96. The molecule has 4 N–H and O–H groups in total. The number of carbonyl (C=O) groups is 3. The van der Waals surface area contributed by atoms with E-state index in [9.17, 15) is 14.4 Å². The van der Waals surface area contributed by atoms with E-state index in [0.717, 1.165) is 6.42 Å². The number of rotatable bonds is 6. The molecule has 0 unspecified atom stereocenters. The zero-order chi connectivity index (χ0) is 13.8. The summed E-state index contributed by atoms with van der Waals surface area (Å²) >= 11 is 0. The van der Waals surface area contributed by atoms with Gasteiger partial charge in [0.15, 0.2) is 0 Å². The van der Waals surface area contributed by atoms with Crippen molar-refractivity contribution in [3.63, 3.8) is 0 Å². The number of carboxylic acids is 1. The Kier molecular flexibility index (Phi) is 4.52. The van der Waals surface area contributed by atoms with Crippen LogP contribution < -0.4 is 11.1 Å². The highest BCUT2D eigenvalue weighted by Crippen LogP contribution is 2.35. The van der Waals surface area contributed by atoms with Crippen molar-refractivity contribution in [2.75, 3.05) is 13.1 Å². The van der Waals surface area contributed by atoms with Gasteiger partial charge in [0.25, 0.3) is 0 Å². The maximum Gasteiger partial charge on any atom is 0.318 e. The number of nitrogens with zero attached hydrogens (tertiary/aromatic N) is 1. The summed E-state index contributed by atoms with van der Waals surface area (Å²) in [5.74, 6) is -1.53. The van der Waals surface area contributed by atoms with E-state index in [1.165, 1.54) is 4.90 Å². The van der Waals surface area contributed by atoms with Crippen molar-refractivity contribution in [1.82, 2.24) is 10.2 Å². The molecule has 102 valence electrons. The summed E-state index contributed by atoms with van der Waals surface area (Å²) in [5.41, 5.74) is 4.38. The van der Waals surface area contributed by atoms with Crippen molar-refractivity contribution in [2.45, 2.75) is 38.1 Å². The van der Waals surface area contributed by atoms with Crippen molar-refractivity contribution in [2.24, 2.45) is 5.73 Å². The Morgan fingerprint density at radius 3 is 2.33 bits per heavy atom. The van der Waals surface area contributed by atoms with Crippen LogP contribution in [0.1, 0.15) is 32.6 Å². The van der Waals surface area contributed by atoms with Crippen LogP contribution >= 0.6 is 0 Å². The van der Waals surface area contributed by atoms with Gasteiger partial charge >= 0.3 is 12.0 Å². The number of primary amides is 1. The maximum absolute atomic E-state index is 11.9. The third kappa shape index (κ3) is 3.61. The average molecular weight is 257 g/mol. The van der Waals surface area contributed by atoms with E-state index in [4.69, 9.17) is 10.8 Å². The predicted octanol–water partition coefficient (Wildman–Crippen LogP) is -0.0994. The molecule has 0 aliphatic heterocycles. The number of amides is 3. The number of hydrogen-bond acceptors (Lipinski definition) is 3. The van der Waals surface area contributed by atoms with Crippen LogP contribution in [0.3, 0.4) is 0 Å². The van der Waals surface area contributed by atoms with Crippen LogP contribution in [0.15, 0.2) is 0 Å². The molecule has 0 atom stereocenters. The minimum atomic E-state index is -0.937. The molecule has 18 heavy (non-hydrogen) atoms. The zero-order valence-electron chi connectivity index (χ0n) is 10.4. The molecule has 1 aliphatic rings. The summed E-state index contributed by atoms with van der Waals surface area (Å²) in [6.45, 7) is 1.91. The molecule has 0 bridgehead atoms. The van der Waals surface area contributed by atoms with E-state index in [0.29, 0.717) is 19.4 Å². The monoisotopic (exact) mass is 257 g/mol. The molecule has 0 radical (unpaired) electrons. The normalized spacial score (nSPS) is 16.5. The fourth-order valence-corrected chi connectivity index (χ4v) is 2.06. The first kappa shape index (κ1) is 14.3. The molecule has 7 heteroatoms. The van der Waals surface area contributed by atoms with Gasteiger partial charge in [0.05, 0.1) is 12.0 Å². The van der Waals surface area contributed by atoms with Crippen molar-refractivity contribution in [1.29, 1.82) is 0 Å². The highest BCUT2D eigenvalue weighted by Gasteiger charge is 2.41. The predicted molar refractivity (Wildman–Crippen MR) is 63.8 cm³/mol. The van der Waals surface area contributed by atoms with E-state index in [1.54, 1.807) is 6.92 Å². The smallest absolute Gasteiger partial charge is 0.318 e. The van der Waals surface area contributed by atoms with E-state index in [-0.39, 0.29) is 13.0 Å². The lowest BCUT2D eigenvalue weighted by Crippen LogP contribution is -2.58. The Hall–Kier alpha value is -1.79. The summed E-state index contributed by atoms with van der Waals surface area (Å²) < 4.78 is 0. The first-order chi connectivity index (χ1) is 8.38. The number of likely N-dealkylation sites (N-methyl/N-ethyl adjacent to an activating group) is 1. The summed E-state index contributed by atoms with van der Waals surface area (Å²) in [4.78, 5) is 34.8. The summed E-state index contributed by atoms with van der Waals surface area (Å²) in [7, 11) is 0. The van der Waals surface area contributed by atoms with Crippen LogP contribution in [-0.2, 0) is 9.59 Å². The van der Waals surface area contributed by atoms with Gasteiger partial charge in [0.2, 0.25) is 5.91 Å².